The molecule has 4 N–H and O–H groups in total. The zero-order valence-corrected chi connectivity index (χ0v) is 8.74. The predicted molar refractivity (Wildman–Crippen MR) is 54.0 cm³/mol. The summed E-state index contributed by atoms with van der Waals surface area (Å²) < 4.78 is 0. The first kappa shape index (κ1) is 11.9. The van der Waals surface area contributed by atoms with Crippen molar-refractivity contribution in [3.63, 3.8) is 0 Å². The molecule has 0 spiro atoms. The Balaban J connectivity index is 2.57. The quantitative estimate of drug-likeness (QED) is 0.491. The van der Waals surface area contributed by atoms with Gasteiger partial charge >= 0.3 is 0 Å². The first-order chi connectivity index (χ1) is 6.64. The van der Waals surface area contributed by atoms with Crippen molar-refractivity contribution in [1.29, 1.82) is 0 Å². The van der Waals surface area contributed by atoms with Crippen molar-refractivity contribution in [2.45, 2.75) is 50.3 Å². The van der Waals surface area contributed by atoms with E-state index in [0.29, 0.717) is 6.04 Å². The van der Waals surface area contributed by atoms with Gasteiger partial charge in [0.05, 0.1) is 24.9 Å². The Morgan fingerprint density at radius 2 is 1.79 bits per heavy atom. The van der Waals surface area contributed by atoms with Crippen LogP contribution in [0.4, 0.5) is 0 Å². The van der Waals surface area contributed by atoms with Crippen molar-refractivity contribution < 1.29 is 15.3 Å². The standard InChI is InChI=1S/C10H21NO3/c1-8(14)10(6-12,7-13)11-9-4-2-3-5-9/h8-9,11-14H,2-7H2,1H3. The molecule has 1 aliphatic rings. The van der Waals surface area contributed by atoms with Crippen LogP contribution in [0.2, 0.25) is 0 Å². The van der Waals surface area contributed by atoms with Crippen molar-refractivity contribution in [3.05, 3.63) is 0 Å². The molecule has 1 unspecified atom stereocenters. The van der Waals surface area contributed by atoms with Crippen LogP contribution in [0.15, 0.2) is 0 Å². The van der Waals surface area contributed by atoms with Gasteiger partial charge < -0.3 is 20.6 Å². The molecular weight excluding hydrogens is 182 g/mol. The fourth-order valence-electron chi connectivity index (χ4n) is 2.00. The number of rotatable bonds is 5. The third-order valence-electron chi connectivity index (χ3n) is 3.21. The molecule has 84 valence electrons. The fourth-order valence-corrected chi connectivity index (χ4v) is 2.00. The van der Waals surface area contributed by atoms with E-state index in [0.717, 1.165) is 12.8 Å². The second-order valence-corrected chi connectivity index (χ2v) is 4.27. The summed E-state index contributed by atoms with van der Waals surface area (Å²) in [6.07, 6.45) is 3.75. The third kappa shape index (κ3) is 2.45. The molecule has 1 atom stereocenters. The minimum absolute atomic E-state index is 0.238. The molecule has 0 heterocycles. The summed E-state index contributed by atoms with van der Waals surface area (Å²) in [5.41, 5.74) is -0.936. The Kier molecular flexibility index (Phi) is 4.31. The van der Waals surface area contributed by atoms with E-state index in [2.05, 4.69) is 5.32 Å². The number of hydrogen-bond donors (Lipinski definition) is 4. The van der Waals surface area contributed by atoms with E-state index >= 15 is 0 Å². The molecule has 1 aliphatic carbocycles. The molecular formula is C10H21NO3. The minimum atomic E-state index is -0.936. The van der Waals surface area contributed by atoms with Crippen LogP contribution >= 0.6 is 0 Å². The summed E-state index contributed by atoms with van der Waals surface area (Å²) in [6, 6.07) is 0.323. The monoisotopic (exact) mass is 203 g/mol. The van der Waals surface area contributed by atoms with Gasteiger partial charge in [-0.3, -0.25) is 0 Å². The largest absolute Gasteiger partial charge is 0.394 e. The highest BCUT2D eigenvalue weighted by molar-refractivity contribution is 4.95. The molecule has 0 amide bonds. The van der Waals surface area contributed by atoms with Crippen molar-refractivity contribution in [3.8, 4) is 0 Å². The summed E-state index contributed by atoms with van der Waals surface area (Å²) in [7, 11) is 0. The van der Waals surface area contributed by atoms with Gasteiger partial charge in [-0.05, 0) is 19.8 Å². The Morgan fingerprint density at radius 1 is 1.29 bits per heavy atom. The van der Waals surface area contributed by atoms with Gasteiger partial charge in [0.1, 0.15) is 0 Å². The van der Waals surface area contributed by atoms with Crippen molar-refractivity contribution in [2.24, 2.45) is 0 Å². The van der Waals surface area contributed by atoms with E-state index in [4.69, 9.17) is 0 Å². The van der Waals surface area contributed by atoms with Gasteiger partial charge in [0.25, 0.3) is 0 Å². The van der Waals surface area contributed by atoms with E-state index in [1.165, 1.54) is 12.8 Å². The lowest BCUT2D eigenvalue weighted by atomic mass is 9.93. The SMILES string of the molecule is CC(O)C(CO)(CO)NC1CCCC1. The van der Waals surface area contributed by atoms with E-state index in [-0.39, 0.29) is 13.2 Å². The molecule has 14 heavy (non-hydrogen) atoms. The number of hydrogen-bond acceptors (Lipinski definition) is 4. The van der Waals surface area contributed by atoms with Crippen LogP contribution in [-0.4, -0.2) is 46.2 Å². The highest BCUT2D eigenvalue weighted by Gasteiger charge is 2.36. The summed E-state index contributed by atoms with van der Waals surface area (Å²) in [5, 5.41) is 31.2. The van der Waals surface area contributed by atoms with Gasteiger partial charge in [0.2, 0.25) is 0 Å². The Labute approximate surface area is 85.0 Å². The molecule has 0 saturated heterocycles. The molecule has 0 aliphatic heterocycles. The molecule has 4 heteroatoms. The Bertz CT molecular complexity index is 163. The lowest BCUT2D eigenvalue weighted by Gasteiger charge is -2.36. The highest BCUT2D eigenvalue weighted by Crippen LogP contribution is 2.21. The maximum atomic E-state index is 9.54. The van der Waals surface area contributed by atoms with Crippen LogP contribution in [0.1, 0.15) is 32.6 Å². The van der Waals surface area contributed by atoms with Crippen LogP contribution in [0.5, 0.6) is 0 Å². The molecule has 1 fully saturated rings. The summed E-state index contributed by atoms with van der Waals surface area (Å²) in [4.78, 5) is 0. The van der Waals surface area contributed by atoms with Gasteiger partial charge in [0, 0.05) is 6.04 Å². The normalized spacial score (nSPS) is 21.4. The summed E-state index contributed by atoms with van der Waals surface area (Å²) >= 11 is 0. The van der Waals surface area contributed by atoms with Gasteiger partial charge in [-0.2, -0.15) is 0 Å². The predicted octanol–water partition coefficient (Wildman–Crippen LogP) is -0.377. The van der Waals surface area contributed by atoms with Gasteiger partial charge in [0.15, 0.2) is 0 Å². The van der Waals surface area contributed by atoms with Crippen molar-refractivity contribution in [1.82, 2.24) is 5.32 Å². The summed E-state index contributed by atoms with van der Waals surface area (Å²) in [5.74, 6) is 0. The van der Waals surface area contributed by atoms with E-state index < -0.39 is 11.6 Å². The average Bonchev–Trinajstić information content (AvgIpc) is 2.66. The zero-order valence-electron chi connectivity index (χ0n) is 8.74. The topological polar surface area (TPSA) is 72.7 Å². The van der Waals surface area contributed by atoms with Gasteiger partial charge in [-0.15, -0.1) is 0 Å². The second-order valence-electron chi connectivity index (χ2n) is 4.27. The molecule has 4 nitrogen and oxygen atoms in total. The van der Waals surface area contributed by atoms with E-state index in [9.17, 15) is 15.3 Å². The van der Waals surface area contributed by atoms with E-state index in [1.807, 2.05) is 0 Å². The van der Waals surface area contributed by atoms with Crippen LogP contribution in [0.3, 0.4) is 0 Å². The van der Waals surface area contributed by atoms with E-state index in [1.54, 1.807) is 6.92 Å². The molecule has 0 aromatic carbocycles. The Hall–Kier alpha value is -0.160. The minimum Gasteiger partial charge on any atom is -0.394 e. The summed E-state index contributed by atoms with van der Waals surface area (Å²) in [6.45, 7) is 1.11. The molecule has 0 radical (unpaired) electrons. The maximum absolute atomic E-state index is 9.54. The van der Waals surface area contributed by atoms with Crippen LogP contribution in [-0.2, 0) is 0 Å². The second kappa shape index (κ2) is 5.07. The molecule has 1 saturated carbocycles. The highest BCUT2D eigenvalue weighted by atomic mass is 16.3. The number of aliphatic hydroxyl groups excluding tert-OH is 3. The van der Waals surface area contributed by atoms with Crippen molar-refractivity contribution in [2.75, 3.05) is 13.2 Å². The lowest BCUT2D eigenvalue weighted by Crippen LogP contribution is -2.61. The maximum Gasteiger partial charge on any atom is 0.0909 e. The van der Waals surface area contributed by atoms with Gasteiger partial charge in [-0.25, -0.2) is 0 Å². The Morgan fingerprint density at radius 3 is 2.14 bits per heavy atom. The smallest absolute Gasteiger partial charge is 0.0909 e. The molecule has 1 rings (SSSR count). The fraction of sp³-hybridized carbons (Fsp3) is 1.00. The lowest BCUT2D eigenvalue weighted by molar-refractivity contribution is -0.0128. The van der Waals surface area contributed by atoms with Crippen LogP contribution in [0.25, 0.3) is 0 Å². The first-order valence-electron chi connectivity index (χ1n) is 5.32. The molecule has 0 aromatic rings. The molecule has 0 aromatic heterocycles. The van der Waals surface area contributed by atoms with Gasteiger partial charge in [-0.1, -0.05) is 12.8 Å². The third-order valence-corrected chi connectivity index (χ3v) is 3.21. The number of aliphatic hydroxyl groups is 3. The molecule has 0 bridgehead atoms. The van der Waals surface area contributed by atoms with Crippen LogP contribution < -0.4 is 5.32 Å². The average molecular weight is 203 g/mol. The zero-order chi connectivity index (χ0) is 10.6. The van der Waals surface area contributed by atoms with Crippen LogP contribution in [0, 0.1) is 0 Å². The van der Waals surface area contributed by atoms with Crippen molar-refractivity contribution >= 4 is 0 Å². The number of nitrogens with one attached hydrogen (secondary N) is 1. The first-order valence-corrected chi connectivity index (χ1v) is 5.32.